The summed E-state index contributed by atoms with van der Waals surface area (Å²) in [6.07, 6.45) is -0.896. The maximum absolute atomic E-state index is 10.6. The predicted molar refractivity (Wildman–Crippen MR) is 35.0 cm³/mol. The van der Waals surface area contributed by atoms with E-state index in [9.17, 15) is 4.79 Å². The van der Waals surface area contributed by atoms with E-state index in [-0.39, 0.29) is 11.9 Å². The Balaban J connectivity index is 3.51. The van der Waals surface area contributed by atoms with Crippen LogP contribution >= 0.6 is 0 Å². The lowest BCUT2D eigenvalue weighted by Crippen LogP contribution is -2.37. The molecule has 1 atom stereocenters. The van der Waals surface area contributed by atoms with Crippen LogP contribution in [-0.2, 0) is 4.79 Å². The van der Waals surface area contributed by atoms with Crippen LogP contribution in [0.1, 0.15) is 20.8 Å². The van der Waals surface area contributed by atoms with Gasteiger partial charge in [-0.2, -0.15) is 0 Å². The van der Waals surface area contributed by atoms with Crippen LogP contribution in [0.5, 0.6) is 0 Å². The molecule has 0 aromatic carbocycles. The molecular formula is C6H13NO2. The number of hydrogen-bond donors (Lipinski definition) is 2. The molecule has 0 aliphatic carbocycles. The van der Waals surface area contributed by atoms with Crippen molar-refractivity contribution in [3.63, 3.8) is 0 Å². The van der Waals surface area contributed by atoms with Gasteiger partial charge in [0.1, 0.15) is 6.10 Å². The summed E-state index contributed by atoms with van der Waals surface area (Å²) in [6.45, 7) is 5.14. The van der Waals surface area contributed by atoms with E-state index in [4.69, 9.17) is 5.11 Å². The molecule has 2 N–H and O–H groups in total. The molecule has 0 radical (unpaired) electrons. The number of hydrogen-bond acceptors (Lipinski definition) is 2. The molecule has 0 saturated heterocycles. The van der Waals surface area contributed by atoms with E-state index in [1.54, 1.807) is 0 Å². The van der Waals surface area contributed by atoms with Crippen LogP contribution in [-0.4, -0.2) is 23.2 Å². The van der Waals surface area contributed by atoms with Gasteiger partial charge < -0.3 is 10.4 Å². The van der Waals surface area contributed by atoms with Crippen LogP contribution in [0.25, 0.3) is 0 Å². The molecule has 0 spiro atoms. The van der Waals surface area contributed by atoms with E-state index in [1.165, 1.54) is 6.92 Å². The second kappa shape index (κ2) is 3.45. The molecule has 0 aromatic rings. The van der Waals surface area contributed by atoms with Crippen LogP contribution in [0.3, 0.4) is 0 Å². The number of carbonyl (C=O) groups excluding carboxylic acids is 1. The van der Waals surface area contributed by atoms with Gasteiger partial charge >= 0.3 is 0 Å². The Morgan fingerprint density at radius 2 is 1.89 bits per heavy atom. The average molecular weight is 131 g/mol. The summed E-state index contributed by atoms with van der Waals surface area (Å²) in [4.78, 5) is 10.6. The summed E-state index contributed by atoms with van der Waals surface area (Å²) in [6, 6.07) is 0.104. The van der Waals surface area contributed by atoms with Gasteiger partial charge in [0, 0.05) is 6.04 Å². The van der Waals surface area contributed by atoms with E-state index in [0.29, 0.717) is 0 Å². The van der Waals surface area contributed by atoms with Gasteiger partial charge in [-0.3, -0.25) is 4.79 Å². The molecule has 0 bridgehead atoms. The summed E-state index contributed by atoms with van der Waals surface area (Å²) in [5.41, 5.74) is 0. The monoisotopic (exact) mass is 131 g/mol. The lowest BCUT2D eigenvalue weighted by molar-refractivity contribution is -0.128. The predicted octanol–water partition coefficient (Wildman–Crippen LogP) is -0.108. The van der Waals surface area contributed by atoms with E-state index >= 15 is 0 Å². The zero-order valence-electron chi connectivity index (χ0n) is 6.01. The van der Waals surface area contributed by atoms with E-state index < -0.39 is 6.10 Å². The van der Waals surface area contributed by atoms with Crippen molar-refractivity contribution < 1.29 is 9.90 Å². The quantitative estimate of drug-likeness (QED) is 0.549. The first kappa shape index (κ1) is 8.43. The van der Waals surface area contributed by atoms with Gasteiger partial charge in [-0.25, -0.2) is 0 Å². The number of aliphatic hydroxyl groups is 1. The van der Waals surface area contributed by atoms with Crippen LogP contribution in [0, 0.1) is 0 Å². The highest BCUT2D eigenvalue weighted by Crippen LogP contribution is 1.82. The third-order valence-corrected chi connectivity index (χ3v) is 0.810. The highest BCUT2D eigenvalue weighted by atomic mass is 16.3. The van der Waals surface area contributed by atoms with Crippen molar-refractivity contribution >= 4 is 5.91 Å². The molecule has 3 nitrogen and oxygen atoms in total. The molecule has 54 valence electrons. The topological polar surface area (TPSA) is 49.3 Å². The smallest absolute Gasteiger partial charge is 0.248 e. The summed E-state index contributed by atoms with van der Waals surface area (Å²) < 4.78 is 0. The van der Waals surface area contributed by atoms with Gasteiger partial charge in [0.25, 0.3) is 0 Å². The first-order valence-corrected chi connectivity index (χ1v) is 3.02. The van der Waals surface area contributed by atoms with E-state index in [2.05, 4.69) is 5.32 Å². The Morgan fingerprint density at radius 1 is 1.44 bits per heavy atom. The maximum atomic E-state index is 10.6. The molecule has 0 heterocycles. The average Bonchev–Trinajstić information content (AvgIpc) is 1.63. The first-order valence-electron chi connectivity index (χ1n) is 3.02. The van der Waals surface area contributed by atoms with Gasteiger partial charge in [0.05, 0.1) is 0 Å². The summed E-state index contributed by atoms with van der Waals surface area (Å²) in [5, 5.41) is 11.2. The summed E-state index contributed by atoms with van der Waals surface area (Å²) in [5.74, 6) is -0.315. The van der Waals surface area contributed by atoms with E-state index in [1.807, 2.05) is 13.8 Å². The fourth-order valence-electron chi connectivity index (χ4n) is 0.405. The van der Waals surface area contributed by atoms with Crippen molar-refractivity contribution in [3.8, 4) is 0 Å². The van der Waals surface area contributed by atoms with Gasteiger partial charge in [0.15, 0.2) is 0 Å². The molecule has 1 unspecified atom stereocenters. The Bertz CT molecular complexity index is 99.2. The summed E-state index contributed by atoms with van der Waals surface area (Å²) >= 11 is 0. The number of aliphatic hydroxyl groups excluding tert-OH is 1. The van der Waals surface area contributed by atoms with Crippen LogP contribution in [0.2, 0.25) is 0 Å². The van der Waals surface area contributed by atoms with Gasteiger partial charge in [-0.1, -0.05) is 0 Å². The van der Waals surface area contributed by atoms with Gasteiger partial charge in [0.2, 0.25) is 5.91 Å². The van der Waals surface area contributed by atoms with Crippen LogP contribution in [0.15, 0.2) is 0 Å². The van der Waals surface area contributed by atoms with E-state index in [0.717, 1.165) is 0 Å². The molecular weight excluding hydrogens is 118 g/mol. The molecule has 3 heteroatoms. The highest BCUT2D eigenvalue weighted by molar-refractivity contribution is 5.80. The van der Waals surface area contributed by atoms with Crippen molar-refractivity contribution in [1.82, 2.24) is 5.32 Å². The highest BCUT2D eigenvalue weighted by Gasteiger charge is 2.07. The molecule has 0 aromatic heterocycles. The standard InChI is InChI=1S/C6H13NO2/c1-4(2)7-6(9)5(3)8/h4-5,8H,1-3H3,(H,7,9). The van der Waals surface area contributed by atoms with Crippen LogP contribution < -0.4 is 5.32 Å². The van der Waals surface area contributed by atoms with Crippen molar-refractivity contribution in [2.45, 2.75) is 32.9 Å². The van der Waals surface area contributed by atoms with Gasteiger partial charge in [-0.05, 0) is 20.8 Å². The summed E-state index contributed by atoms with van der Waals surface area (Å²) in [7, 11) is 0. The minimum atomic E-state index is -0.896. The fourth-order valence-corrected chi connectivity index (χ4v) is 0.405. The lowest BCUT2D eigenvalue weighted by Gasteiger charge is -2.08. The Kier molecular flexibility index (Phi) is 3.24. The zero-order valence-corrected chi connectivity index (χ0v) is 6.01. The second-order valence-electron chi connectivity index (χ2n) is 2.34. The zero-order chi connectivity index (χ0) is 7.44. The number of nitrogens with one attached hydrogen (secondary N) is 1. The first-order chi connectivity index (χ1) is 4.04. The lowest BCUT2D eigenvalue weighted by atomic mass is 10.3. The molecule has 0 rings (SSSR count). The molecule has 0 fully saturated rings. The van der Waals surface area contributed by atoms with Gasteiger partial charge in [-0.15, -0.1) is 0 Å². The minimum absolute atomic E-state index is 0.104. The van der Waals surface area contributed by atoms with Crippen molar-refractivity contribution in [2.24, 2.45) is 0 Å². The van der Waals surface area contributed by atoms with Crippen molar-refractivity contribution in [3.05, 3.63) is 0 Å². The van der Waals surface area contributed by atoms with Crippen LogP contribution in [0.4, 0.5) is 0 Å². The SMILES string of the molecule is CC(C)NC(=O)C(C)O. The third-order valence-electron chi connectivity index (χ3n) is 0.810. The molecule has 0 aliphatic heterocycles. The maximum Gasteiger partial charge on any atom is 0.248 e. The number of rotatable bonds is 2. The largest absolute Gasteiger partial charge is 0.384 e. The third kappa shape index (κ3) is 3.97. The molecule has 1 amide bonds. The number of amides is 1. The second-order valence-corrected chi connectivity index (χ2v) is 2.34. The molecule has 0 aliphatic rings. The van der Waals surface area contributed by atoms with Crippen molar-refractivity contribution in [1.29, 1.82) is 0 Å². The number of carbonyl (C=O) groups is 1. The Hall–Kier alpha value is -0.570. The molecule has 9 heavy (non-hydrogen) atoms. The normalized spacial score (nSPS) is 13.4. The fraction of sp³-hybridized carbons (Fsp3) is 0.833. The Morgan fingerprint density at radius 3 is 2.00 bits per heavy atom. The Labute approximate surface area is 55.1 Å². The minimum Gasteiger partial charge on any atom is -0.384 e. The van der Waals surface area contributed by atoms with Crippen molar-refractivity contribution in [2.75, 3.05) is 0 Å². The molecule has 0 saturated carbocycles.